The number of aliphatic hydroxyl groups excluding tert-OH is 3. The van der Waals surface area contributed by atoms with Gasteiger partial charge in [0, 0.05) is 13.0 Å². The minimum atomic E-state index is -2.51. The Hall–Kier alpha value is -1.79. The standard InChI is InChI=1S/C27H49NO10/c1-5-7-8-9-10-11-12-13-14-15-16-17-21(30)28-27(25(34)36-4)24(33)23(32)20(19-29)38-26(27,37-6-2)18-22(31)35-3/h20,23-24,29,32-33H,5-19H2,1-4H3,(H,28,30)/t20-,23-,24+,26-,27?/m1/s1. The summed E-state index contributed by atoms with van der Waals surface area (Å²) in [5, 5.41) is 34.0. The van der Waals surface area contributed by atoms with Gasteiger partial charge in [0.15, 0.2) is 0 Å². The normalized spacial score (nSPS) is 27.1. The molecule has 1 rings (SSSR count). The maximum atomic E-state index is 13.2. The maximum Gasteiger partial charge on any atom is 0.340 e. The topological polar surface area (TPSA) is 161 Å². The van der Waals surface area contributed by atoms with Gasteiger partial charge in [0.1, 0.15) is 24.7 Å². The van der Waals surface area contributed by atoms with Crippen LogP contribution in [0.3, 0.4) is 0 Å². The number of ether oxygens (including phenoxy) is 4. The van der Waals surface area contributed by atoms with E-state index in [0.29, 0.717) is 6.42 Å². The van der Waals surface area contributed by atoms with Crippen molar-refractivity contribution in [2.45, 2.75) is 127 Å². The first kappa shape index (κ1) is 34.2. The van der Waals surface area contributed by atoms with E-state index in [1.54, 1.807) is 6.92 Å². The van der Waals surface area contributed by atoms with E-state index >= 15 is 0 Å². The molecule has 0 bridgehead atoms. The molecule has 4 N–H and O–H groups in total. The van der Waals surface area contributed by atoms with Crippen LogP contribution in [0.4, 0.5) is 0 Å². The van der Waals surface area contributed by atoms with E-state index in [-0.39, 0.29) is 13.0 Å². The highest BCUT2D eigenvalue weighted by atomic mass is 16.7. The molecule has 38 heavy (non-hydrogen) atoms. The van der Waals surface area contributed by atoms with E-state index in [1.807, 2.05) is 0 Å². The zero-order valence-electron chi connectivity index (χ0n) is 23.5. The number of unbranched alkanes of at least 4 members (excludes halogenated alkanes) is 10. The molecular formula is C27H49NO10. The third-order valence-corrected chi connectivity index (χ3v) is 7.10. The lowest BCUT2D eigenvalue weighted by atomic mass is 9.74. The Kier molecular flexibility index (Phi) is 16.0. The predicted molar refractivity (Wildman–Crippen MR) is 139 cm³/mol. The summed E-state index contributed by atoms with van der Waals surface area (Å²) in [5.74, 6) is -4.98. The van der Waals surface area contributed by atoms with Crippen LogP contribution in [0.1, 0.15) is 97.3 Å². The molecule has 0 spiro atoms. The molecule has 5 atom stereocenters. The Labute approximate surface area is 226 Å². The largest absolute Gasteiger partial charge is 0.469 e. The van der Waals surface area contributed by atoms with Gasteiger partial charge < -0.3 is 39.6 Å². The van der Waals surface area contributed by atoms with Crippen LogP contribution < -0.4 is 5.32 Å². The van der Waals surface area contributed by atoms with E-state index in [0.717, 1.165) is 39.9 Å². The minimum Gasteiger partial charge on any atom is -0.469 e. The SMILES string of the molecule is CCCCCCCCCCCCCC(=O)NC1(C(=O)OC)[C@@H](O)[C@H](O)[C@@H](CO)O[C@@]1(CC(=O)OC)OCC. The van der Waals surface area contributed by atoms with Crippen molar-refractivity contribution >= 4 is 17.8 Å². The molecule has 1 fully saturated rings. The van der Waals surface area contributed by atoms with E-state index in [2.05, 4.69) is 12.2 Å². The summed E-state index contributed by atoms with van der Waals surface area (Å²) in [4.78, 5) is 38.6. The lowest BCUT2D eigenvalue weighted by molar-refractivity contribution is -0.357. The third-order valence-electron chi connectivity index (χ3n) is 7.10. The Bertz CT molecular complexity index is 720. The quantitative estimate of drug-likeness (QED) is 0.139. The summed E-state index contributed by atoms with van der Waals surface area (Å²) in [6.45, 7) is 2.90. The molecule has 0 aromatic heterocycles. The van der Waals surface area contributed by atoms with Crippen LogP contribution in [0.2, 0.25) is 0 Å². The summed E-state index contributed by atoms with van der Waals surface area (Å²) in [6.07, 6.45) is 6.16. The Morgan fingerprint density at radius 3 is 1.89 bits per heavy atom. The molecule has 0 saturated carbocycles. The highest BCUT2D eigenvalue weighted by Crippen LogP contribution is 2.43. The van der Waals surface area contributed by atoms with Crippen LogP contribution in [-0.4, -0.2) is 90.2 Å². The van der Waals surface area contributed by atoms with Gasteiger partial charge in [-0.25, -0.2) is 4.79 Å². The van der Waals surface area contributed by atoms with Gasteiger partial charge in [-0.3, -0.25) is 9.59 Å². The van der Waals surface area contributed by atoms with E-state index in [9.17, 15) is 29.7 Å². The van der Waals surface area contributed by atoms with Crippen molar-refractivity contribution in [1.29, 1.82) is 0 Å². The van der Waals surface area contributed by atoms with Crippen molar-refractivity contribution in [3.63, 3.8) is 0 Å². The van der Waals surface area contributed by atoms with E-state index in [4.69, 9.17) is 18.9 Å². The van der Waals surface area contributed by atoms with E-state index in [1.165, 1.54) is 38.5 Å². The molecule has 0 radical (unpaired) electrons. The van der Waals surface area contributed by atoms with E-state index < -0.39 is 60.5 Å². The first-order valence-corrected chi connectivity index (χ1v) is 13.9. The van der Waals surface area contributed by atoms with Gasteiger partial charge in [-0.15, -0.1) is 0 Å². The highest BCUT2D eigenvalue weighted by molar-refractivity contribution is 5.91. The predicted octanol–water partition coefficient (Wildman–Crippen LogP) is 2.12. The van der Waals surface area contributed by atoms with Gasteiger partial charge in [0.2, 0.25) is 17.2 Å². The summed E-state index contributed by atoms with van der Waals surface area (Å²) in [5.41, 5.74) is -2.51. The van der Waals surface area contributed by atoms with Gasteiger partial charge in [-0.2, -0.15) is 0 Å². The summed E-state index contributed by atoms with van der Waals surface area (Å²) in [6, 6.07) is 0. The fourth-order valence-electron chi connectivity index (χ4n) is 5.00. The lowest BCUT2D eigenvalue weighted by Gasteiger charge is -2.55. The van der Waals surface area contributed by atoms with Crippen LogP contribution in [0.25, 0.3) is 0 Å². The Morgan fingerprint density at radius 2 is 1.42 bits per heavy atom. The molecule has 1 unspecified atom stereocenters. The highest BCUT2D eigenvalue weighted by Gasteiger charge is 2.71. The molecule has 1 heterocycles. The van der Waals surface area contributed by atoms with Crippen LogP contribution in [-0.2, 0) is 33.3 Å². The van der Waals surface area contributed by atoms with Gasteiger partial charge in [0.25, 0.3) is 0 Å². The summed E-state index contributed by atoms with van der Waals surface area (Å²) < 4.78 is 21.1. The Balaban J connectivity index is 2.94. The number of carbonyl (C=O) groups excluding carboxylic acids is 3. The number of methoxy groups -OCH3 is 2. The molecule has 0 aromatic carbocycles. The number of nitrogens with one attached hydrogen (secondary N) is 1. The molecule has 0 aliphatic carbocycles. The van der Waals surface area contributed by atoms with Crippen molar-refractivity contribution in [3.05, 3.63) is 0 Å². The second kappa shape index (κ2) is 17.7. The molecule has 0 aromatic rings. The number of hydrogen-bond donors (Lipinski definition) is 4. The zero-order chi connectivity index (χ0) is 28.6. The van der Waals surface area contributed by atoms with Crippen LogP contribution in [0, 0.1) is 0 Å². The summed E-state index contributed by atoms with van der Waals surface area (Å²) >= 11 is 0. The van der Waals surface area contributed by atoms with Crippen molar-refractivity contribution in [1.82, 2.24) is 5.32 Å². The van der Waals surface area contributed by atoms with Crippen LogP contribution in [0.15, 0.2) is 0 Å². The molecule has 1 saturated heterocycles. The number of rotatable bonds is 19. The number of esters is 2. The number of amides is 1. The van der Waals surface area contributed by atoms with Crippen LogP contribution in [0.5, 0.6) is 0 Å². The van der Waals surface area contributed by atoms with Crippen LogP contribution >= 0.6 is 0 Å². The van der Waals surface area contributed by atoms with Crippen molar-refractivity contribution in [2.75, 3.05) is 27.4 Å². The second-order valence-electron chi connectivity index (χ2n) is 9.85. The Morgan fingerprint density at radius 1 is 0.868 bits per heavy atom. The fourth-order valence-corrected chi connectivity index (χ4v) is 5.00. The van der Waals surface area contributed by atoms with Gasteiger partial charge in [0.05, 0.1) is 20.8 Å². The maximum absolute atomic E-state index is 13.2. The molecule has 1 amide bonds. The molecular weight excluding hydrogens is 498 g/mol. The average Bonchev–Trinajstić information content (AvgIpc) is 2.91. The smallest absolute Gasteiger partial charge is 0.340 e. The molecule has 11 heteroatoms. The van der Waals surface area contributed by atoms with Crippen molar-refractivity contribution in [3.8, 4) is 0 Å². The number of carbonyl (C=O) groups is 3. The minimum absolute atomic E-state index is 0.0302. The number of hydrogen-bond acceptors (Lipinski definition) is 10. The zero-order valence-corrected chi connectivity index (χ0v) is 23.5. The first-order chi connectivity index (χ1) is 18.2. The molecule has 222 valence electrons. The molecule has 1 aliphatic heterocycles. The van der Waals surface area contributed by atoms with Crippen molar-refractivity contribution in [2.24, 2.45) is 0 Å². The lowest BCUT2D eigenvalue weighted by Crippen LogP contribution is -2.83. The van der Waals surface area contributed by atoms with Gasteiger partial charge in [-0.1, -0.05) is 71.1 Å². The van der Waals surface area contributed by atoms with Gasteiger partial charge in [-0.05, 0) is 13.3 Å². The fraction of sp³-hybridized carbons (Fsp3) is 0.889. The third kappa shape index (κ3) is 8.87. The average molecular weight is 548 g/mol. The van der Waals surface area contributed by atoms with Crippen molar-refractivity contribution < 1.29 is 48.7 Å². The monoisotopic (exact) mass is 547 g/mol. The number of aliphatic hydroxyl groups is 3. The summed E-state index contributed by atoms with van der Waals surface area (Å²) in [7, 11) is 2.15. The molecule has 11 nitrogen and oxygen atoms in total. The first-order valence-electron chi connectivity index (χ1n) is 13.9. The second-order valence-corrected chi connectivity index (χ2v) is 9.85. The molecule has 1 aliphatic rings. The van der Waals surface area contributed by atoms with Gasteiger partial charge >= 0.3 is 11.9 Å².